The SMILES string of the molecule is CN=C(NCCc1ccc(Cl)nc1)NCCc1ccccc1OC. The first-order chi connectivity index (χ1) is 11.7. The summed E-state index contributed by atoms with van der Waals surface area (Å²) in [5.41, 5.74) is 2.31. The van der Waals surface area contributed by atoms with E-state index in [9.17, 15) is 0 Å². The Labute approximate surface area is 148 Å². The van der Waals surface area contributed by atoms with Crippen LogP contribution in [-0.2, 0) is 12.8 Å². The maximum absolute atomic E-state index is 5.78. The number of methoxy groups -OCH3 is 1. The van der Waals surface area contributed by atoms with Gasteiger partial charge in [-0.3, -0.25) is 4.99 Å². The molecule has 0 aliphatic rings. The number of hydrogen-bond acceptors (Lipinski definition) is 3. The maximum atomic E-state index is 5.78. The van der Waals surface area contributed by atoms with E-state index in [-0.39, 0.29) is 0 Å². The summed E-state index contributed by atoms with van der Waals surface area (Å²) in [6.07, 6.45) is 3.52. The number of nitrogens with zero attached hydrogens (tertiary/aromatic N) is 2. The molecule has 1 aromatic heterocycles. The Morgan fingerprint density at radius 1 is 1.12 bits per heavy atom. The van der Waals surface area contributed by atoms with Crippen molar-refractivity contribution >= 4 is 17.6 Å². The molecule has 6 heteroatoms. The Morgan fingerprint density at radius 3 is 2.54 bits per heavy atom. The van der Waals surface area contributed by atoms with Gasteiger partial charge in [-0.15, -0.1) is 0 Å². The van der Waals surface area contributed by atoms with Crippen molar-refractivity contribution < 1.29 is 4.74 Å². The van der Waals surface area contributed by atoms with Crippen LogP contribution in [0.1, 0.15) is 11.1 Å². The number of aromatic nitrogens is 1. The van der Waals surface area contributed by atoms with Gasteiger partial charge in [0.05, 0.1) is 7.11 Å². The zero-order valence-electron chi connectivity index (χ0n) is 14.1. The van der Waals surface area contributed by atoms with Crippen molar-refractivity contribution in [1.82, 2.24) is 15.6 Å². The monoisotopic (exact) mass is 346 g/mol. The fourth-order valence-electron chi connectivity index (χ4n) is 2.33. The Bertz CT molecular complexity index is 658. The fourth-order valence-corrected chi connectivity index (χ4v) is 2.44. The van der Waals surface area contributed by atoms with Crippen molar-refractivity contribution in [3.8, 4) is 5.75 Å². The molecule has 0 spiro atoms. The van der Waals surface area contributed by atoms with Gasteiger partial charge in [-0.25, -0.2) is 4.98 Å². The molecule has 0 radical (unpaired) electrons. The molecule has 0 bridgehead atoms. The topological polar surface area (TPSA) is 58.5 Å². The highest BCUT2D eigenvalue weighted by molar-refractivity contribution is 6.29. The van der Waals surface area contributed by atoms with Crippen LogP contribution in [-0.4, -0.2) is 38.2 Å². The van der Waals surface area contributed by atoms with Crippen LogP contribution in [0.3, 0.4) is 0 Å². The first kappa shape index (κ1) is 18.1. The fraction of sp³-hybridized carbons (Fsp3) is 0.333. The van der Waals surface area contributed by atoms with Crippen molar-refractivity contribution in [1.29, 1.82) is 0 Å². The van der Waals surface area contributed by atoms with Gasteiger partial charge in [0.2, 0.25) is 0 Å². The Balaban J connectivity index is 1.73. The summed E-state index contributed by atoms with van der Waals surface area (Å²) < 4.78 is 5.36. The second kappa shape index (κ2) is 9.78. The Kier molecular flexibility index (Phi) is 7.36. The molecule has 1 aromatic carbocycles. The number of aliphatic imine (C=N–C) groups is 1. The molecule has 5 nitrogen and oxygen atoms in total. The van der Waals surface area contributed by atoms with Crippen LogP contribution in [0, 0.1) is 0 Å². The predicted octanol–water partition coefficient (Wildman–Crippen LogP) is 2.69. The van der Waals surface area contributed by atoms with Crippen molar-refractivity contribution in [2.75, 3.05) is 27.2 Å². The summed E-state index contributed by atoms with van der Waals surface area (Å²) in [7, 11) is 3.46. The third-order valence-corrected chi connectivity index (χ3v) is 3.82. The lowest BCUT2D eigenvalue weighted by Crippen LogP contribution is -2.39. The molecular formula is C18H23ClN4O. The van der Waals surface area contributed by atoms with Crippen LogP contribution in [0.4, 0.5) is 0 Å². The van der Waals surface area contributed by atoms with E-state index in [0.29, 0.717) is 5.15 Å². The van der Waals surface area contributed by atoms with Gasteiger partial charge in [-0.2, -0.15) is 0 Å². The lowest BCUT2D eigenvalue weighted by molar-refractivity contribution is 0.409. The first-order valence-corrected chi connectivity index (χ1v) is 8.27. The normalized spacial score (nSPS) is 11.2. The Hall–Kier alpha value is -2.27. The van der Waals surface area contributed by atoms with Crippen LogP contribution in [0.25, 0.3) is 0 Å². The molecule has 1 heterocycles. The summed E-state index contributed by atoms with van der Waals surface area (Å²) in [5.74, 6) is 1.70. The number of guanidine groups is 1. The molecule has 24 heavy (non-hydrogen) atoms. The average Bonchev–Trinajstić information content (AvgIpc) is 2.62. The largest absolute Gasteiger partial charge is 0.496 e. The number of hydrogen-bond donors (Lipinski definition) is 2. The first-order valence-electron chi connectivity index (χ1n) is 7.89. The second-order valence-electron chi connectivity index (χ2n) is 5.23. The molecular weight excluding hydrogens is 324 g/mol. The highest BCUT2D eigenvalue weighted by Crippen LogP contribution is 2.17. The van der Waals surface area contributed by atoms with Gasteiger partial charge in [0.15, 0.2) is 5.96 Å². The minimum Gasteiger partial charge on any atom is -0.496 e. The van der Waals surface area contributed by atoms with Gasteiger partial charge in [0.1, 0.15) is 10.9 Å². The maximum Gasteiger partial charge on any atom is 0.190 e. The summed E-state index contributed by atoms with van der Waals surface area (Å²) in [6, 6.07) is 11.8. The molecule has 2 N–H and O–H groups in total. The molecule has 0 fully saturated rings. The average molecular weight is 347 g/mol. The molecule has 0 saturated heterocycles. The van der Waals surface area contributed by atoms with Gasteiger partial charge in [0, 0.05) is 26.3 Å². The van der Waals surface area contributed by atoms with Gasteiger partial charge < -0.3 is 15.4 Å². The molecule has 2 rings (SSSR count). The van der Waals surface area contributed by atoms with Crippen LogP contribution < -0.4 is 15.4 Å². The van der Waals surface area contributed by atoms with Gasteiger partial charge in [-0.1, -0.05) is 35.9 Å². The number of nitrogens with one attached hydrogen (secondary N) is 2. The van der Waals surface area contributed by atoms with Crippen molar-refractivity contribution in [3.05, 3.63) is 58.9 Å². The van der Waals surface area contributed by atoms with Gasteiger partial charge in [-0.05, 0) is 36.1 Å². The lowest BCUT2D eigenvalue weighted by Gasteiger charge is -2.13. The molecule has 0 atom stereocenters. The minimum absolute atomic E-state index is 0.514. The lowest BCUT2D eigenvalue weighted by atomic mass is 10.1. The highest BCUT2D eigenvalue weighted by atomic mass is 35.5. The van der Waals surface area contributed by atoms with E-state index in [0.717, 1.165) is 43.2 Å². The van der Waals surface area contributed by atoms with Crippen LogP contribution in [0.15, 0.2) is 47.6 Å². The second-order valence-corrected chi connectivity index (χ2v) is 5.61. The van der Waals surface area contributed by atoms with E-state index in [1.807, 2.05) is 24.3 Å². The molecule has 0 amide bonds. The summed E-state index contributed by atoms with van der Waals surface area (Å²) in [6.45, 7) is 1.56. The van der Waals surface area contributed by atoms with Crippen molar-refractivity contribution in [3.63, 3.8) is 0 Å². The van der Waals surface area contributed by atoms with Crippen LogP contribution >= 0.6 is 11.6 Å². The summed E-state index contributed by atoms with van der Waals surface area (Å²) >= 11 is 5.78. The molecule has 128 valence electrons. The molecule has 0 unspecified atom stereocenters. The standard InChI is InChI=1S/C18H23ClN4O/c1-20-18(21-11-9-14-7-8-17(19)23-13-14)22-12-10-15-5-3-4-6-16(15)24-2/h3-8,13H,9-12H2,1-2H3,(H2,20,21,22). The van der Waals surface area contributed by atoms with E-state index in [4.69, 9.17) is 16.3 Å². The molecule has 0 aliphatic heterocycles. The minimum atomic E-state index is 0.514. The number of pyridine rings is 1. The van der Waals surface area contributed by atoms with Crippen LogP contribution in [0.2, 0.25) is 5.15 Å². The zero-order chi connectivity index (χ0) is 17.2. The van der Waals surface area contributed by atoms with Gasteiger partial charge >= 0.3 is 0 Å². The van der Waals surface area contributed by atoms with Crippen LogP contribution in [0.5, 0.6) is 5.75 Å². The number of rotatable bonds is 7. The number of ether oxygens (including phenoxy) is 1. The van der Waals surface area contributed by atoms with E-state index >= 15 is 0 Å². The van der Waals surface area contributed by atoms with E-state index in [2.05, 4.69) is 26.7 Å². The third-order valence-electron chi connectivity index (χ3n) is 3.60. The predicted molar refractivity (Wildman–Crippen MR) is 99.0 cm³/mol. The zero-order valence-corrected chi connectivity index (χ0v) is 14.8. The Morgan fingerprint density at radius 2 is 1.88 bits per heavy atom. The number of benzene rings is 1. The summed E-state index contributed by atoms with van der Waals surface area (Å²) in [5, 5.41) is 7.12. The van der Waals surface area contributed by atoms with Gasteiger partial charge in [0.25, 0.3) is 0 Å². The van der Waals surface area contributed by atoms with E-state index in [1.54, 1.807) is 26.4 Å². The van der Waals surface area contributed by atoms with E-state index < -0.39 is 0 Å². The van der Waals surface area contributed by atoms with Crippen molar-refractivity contribution in [2.24, 2.45) is 4.99 Å². The third kappa shape index (κ3) is 5.74. The van der Waals surface area contributed by atoms with E-state index in [1.165, 1.54) is 5.56 Å². The van der Waals surface area contributed by atoms with Crippen molar-refractivity contribution in [2.45, 2.75) is 12.8 Å². The molecule has 2 aromatic rings. The molecule has 0 saturated carbocycles. The molecule has 0 aliphatic carbocycles. The summed E-state index contributed by atoms with van der Waals surface area (Å²) in [4.78, 5) is 8.31. The smallest absolute Gasteiger partial charge is 0.190 e. The number of halogens is 1. The quantitative estimate of drug-likeness (QED) is 0.460. The number of para-hydroxylation sites is 1. The highest BCUT2D eigenvalue weighted by Gasteiger charge is 2.03.